The van der Waals surface area contributed by atoms with Gasteiger partial charge in [0.05, 0.1) is 6.61 Å². The molecule has 0 radical (unpaired) electrons. The van der Waals surface area contributed by atoms with Gasteiger partial charge in [0.2, 0.25) is 10.9 Å². The summed E-state index contributed by atoms with van der Waals surface area (Å²) in [7, 11) is 1.93. The molecule has 0 amide bonds. The molecule has 0 aliphatic heterocycles. The molecule has 0 spiro atoms. The Morgan fingerprint density at radius 1 is 0.963 bits per heavy atom. The predicted octanol–water partition coefficient (Wildman–Crippen LogP) is 3.08. The van der Waals surface area contributed by atoms with Crippen LogP contribution in [-0.2, 0) is 13.7 Å². The first-order valence-corrected chi connectivity index (χ1v) is 8.69. The number of rotatable bonds is 3. The third kappa shape index (κ3) is 2.09. The first-order chi connectivity index (χ1) is 13.1. The molecule has 0 aliphatic rings. The Morgan fingerprint density at radius 2 is 1.70 bits per heavy atom. The predicted molar refractivity (Wildman–Crippen MR) is 106 cm³/mol. The van der Waals surface area contributed by atoms with Gasteiger partial charge in [-0.3, -0.25) is 9.59 Å². The minimum Gasteiger partial charge on any atom is -0.392 e. The fourth-order valence-electron chi connectivity index (χ4n) is 3.92. The number of aryl methyl sites for hydroxylation is 1. The van der Waals surface area contributed by atoms with Gasteiger partial charge in [0.15, 0.2) is 0 Å². The van der Waals surface area contributed by atoms with Crippen LogP contribution in [0.25, 0.3) is 44.1 Å². The van der Waals surface area contributed by atoms with E-state index in [-0.39, 0.29) is 6.61 Å². The number of nitrogens with zero attached hydrogens (tertiary/aromatic N) is 1. The maximum atomic E-state index is 12.5. The Kier molecular flexibility index (Phi) is 3.23. The van der Waals surface area contributed by atoms with Gasteiger partial charge in [-0.15, -0.1) is 0 Å². The standard InChI is InChI=1S/C22H16N2O3/c1-24-10-16(13-4-2-3-5-18(13)24)20-19(21(26)22(20)27)15-9-23-17-7-6-12(11-25)8-14(15)17/h2-10,23,25H,11H2,1H3. The largest absolute Gasteiger partial charge is 0.392 e. The van der Waals surface area contributed by atoms with Crippen molar-refractivity contribution in [2.24, 2.45) is 7.05 Å². The molecule has 132 valence electrons. The first kappa shape index (κ1) is 15.8. The second-order valence-electron chi connectivity index (χ2n) is 6.82. The average molecular weight is 356 g/mol. The summed E-state index contributed by atoms with van der Waals surface area (Å²) in [6.07, 6.45) is 3.66. The van der Waals surface area contributed by atoms with Gasteiger partial charge in [0, 0.05) is 63.5 Å². The number of fused-ring (bicyclic) bond motifs is 2. The molecule has 0 unspecified atom stereocenters. The summed E-state index contributed by atoms with van der Waals surface area (Å²) in [4.78, 5) is 28.2. The molecule has 0 fully saturated rings. The van der Waals surface area contributed by atoms with Gasteiger partial charge in [-0.1, -0.05) is 24.3 Å². The van der Waals surface area contributed by atoms with Crippen molar-refractivity contribution in [3.05, 3.63) is 80.9 Å². The van der Waals surface area contributed by atoms with E-state index in [0.29, 0.717) is 16.7 Å². The summed E-state index contributed by atoms with van der Waals surface area (Å²) in [5.41, 5.74) is 4.10. The summed E-state index contributed by atoms with van der Waals surface area (Å²) in [6, 6.07) is 13.4. The van der Waals surface area contributed by atoms with Gasteiger partial charge >= 0.3 is 0 Å². The molecule has 5 rings (SSSR count). The lowest BCUT2D eigenvalue weighted by Crippen LogP contribution is -2.34. The molecule has 2 aromatic heterocycles. The van der Waals surface area contributed by atoms with Crippen LogP contribution in [0.4, 0.5) is 0 Å². The summed E-state index contributed by atoms with van der Waals surface area (Å²) in [5.74, 6) is 0. The Morgan fingerprint density at radius 3 is 2.48 bits per heavy atom. The number of aromatic amines is 1. The number of aliphatic hydroxyl groups excluding tert-OH is 1. The lowest BCUT2D eigenvalue weighted by molar-refractivity contribution is 0.282. The average Bonchev–Trinajstić information content (AvgIpc) is 3.26. The van der Waals surface area contributed by atoms with E-state index in [1.807, 2.05) is 60.3 Å². The molecule has 5 heteroatoms. The number of H-pyrrole nitrogens is 1. The molecule has 27 heavy (non-hydrogen) atoms. The minimum atomic E-state index is -0.465. The lowest BCUT2D eigenvalue weighted by atomic mass is 9.89. The molecule has 5 aromatic rings. The molecular weight excluding hydrogens is 340 g/mol. The van der Waals surface area contributed by atoms with Crippen LogP contribution in [0.3, 0.4) is 0 Å². The fraction of sp³-hybridized carbons (Fsp3) is 0.0909. The molecule has 2 N–H and O–H groups in total. The van der Waals surface area contributed by atoms with E-state index in [4.69, 9.17) is 0 Å². The van der Waals surface area contributed by atoms with Gasteiger partial charge in [-0.25, -0.2) is 0 Å². The van der Waals surface area contributed by atoms with Crippen molar-refractivity contribution in [3.63, 3.8) is 0 Å². The Labute approximate surface area is 153 Å². The smallest absolute Gasteiger partial charge is 0.235 e. The van der Waals surface area contributed by atoms with Crippen LogP contribution in [0.5, 0.6) is 0 Å². The van der Waals surface area contributed by atoms with Crippen molar-refractivity contribution < 1.29 is 5.11 Å². The van der Waals surface area contributed by atoms with Crippen molar-refractivity contribution in [1.82, 2.24) is 9.55 Å². The third-order valence-corrected chi connectivity index (χ3v) is 5.27. The summed E-state index contributed by atoms with van der Waals surface area (Å²) >= 11 is 0. The summed E-state index contributed by atoms with van der Waals surface area (Å²) < 4.78 is 1.96. The SMILES string of the molecule is Cn1cc(-c2c(-c3c[nH]c4ccc(CO)cc34)c(=O)c2=O)c2ccccc21. The van der Waals surface area contributed by atoms with E-state index in [1.54, 1.807) is 6.20 Å². The van der Waals surface area contributed by atoms with Gasteiger partial charge < -0.3 is 14.7 Å². The van der Waals surface area contributed by atoms with Gasteiger partial charge in [0.1, 0.15) is 0 Å². The van der Waals surface area contributed by atoms with E-state index in [1.165, 1.54) is 0 Å². The zero-order valence-corrected chi connectivity index (χ0v) is 14.6. The number of benzene rings is 2. The van der Waals surface area contributed by atoms with E-state index < -0.39 is 10.9 Å². The Hall–Kier alpha value is -3.44. The van der Waals surface area contributed by atoms with Crippen LogP contribution in [0, 0.1) is 0 Å². The summed E-state index contributed by atoms with van der Waals surface area (Å²) in [5, 5.41) is 11.2. The zero-order valence-electron chi connectivity index (χ0n) is 14.6. The minimum absolute atomic E-state index is 0.0807. The topological polar surface area (TPSA) is 75.1 Å². The molecule has 3 aromatic carbocycles. The van der Waals surface area contributed by atoms with Crippen LogP contribution in [0.1, 0.15) is 5.56 Å². The number of para-hydroxylation sites is 1. The zero-order chi connectivity index (χ0) is 18.7. The quantitative estimate of drug-likeness (QED) is 0.488. The molecule has 5 nitrogen and oxygen atoms in total. The number of aliphatic hydroxyl groups is 1. The highest BCUT2D eigenvalue weighted by molar-refractivity contribution is 6.06. The molecule has 0 atom stereocenters. The second kappa shape index (κ2) is 5.53. The van der Waals surface area contributed by atoms with Crippen molar-refractivity contribution in [1.29, 1.82) is 0 Å². The Bertz CT molecular complexity index is 1410. The van der Waals surface area contributed by atoms with E-state index >= 15 is 0 Å². The molecule has 0 bridgehead atoms. The second-order valence-corrected chi connectivity index (χ2v) is 6.82. The van der Waals surface area contributed by atoms with Crippen molar-refractivity contribution >= 4 is 21.8 Å². The fourth-order valence-corrected chi connectivity index (χ4v) is 3.92. The van der Waals surface area contributed by atoms with Gasteiger partial charge in [0.25, 0.3) is 0 Å². The number of hydrogen-bond donors (Lipinski definition) is 2. The van der Waals surface area contributed by atoms with Crippen molar-refractivity contribution in [3.8, 4) is 22.3 Å². The van der Waals surface area contributed by atoms with Crippen molar-refractivity contribution in [2.45, 2.75) is 6.61 Å². The maximum Gasteiger partial charge on any atom is 0.235 e. The number of nitrogens with one attached hydrogen (secondary N) is 1. The van der Waals surface area contributed by atoms with Crippen LogP contribution < -0.4 is 10.9 Å². The molecule has 2 heterocycles. The highest BCUT2D eigenvalue weighted by atomic mass is 16.3. The third-order valence-electron chi connectivity index (χ3n) is 5.27. The molecule has 0 aliphatic carbocycles. The highest BCUT2D eigenvalue weighted by Crippen LogP contribution is 2.37. The lowest BCUT2D eigenvalue weighted by Gasteiger charge is -2.10. The normalized spacial score (nSPS) is 11.8. The Balaban J connectivity index is 1.81. The molecular formula is C22H16N2O3. The first-order valence-electron chi connectivity index (χ1n) is 8.69. The summed E-state index contributed by atoms with van der Waals surface area (Å²) in [6.45, 7) is -0.0807. The van der Waals surface area contributed by atoms with Crippen LogP contribution in [0.2, 0.25) is 0 Å². The highest BCUT2D eigenvalue weighted by Gasteiger charge is 2.27. The number of hydrogen-bond acceptors (Lipinski definition) is 3. The maximum absolute atomic E-state index is 12.5. The number of aromatic nitrogens is 2. The van der Waals surface area contributed by atoms with Crippen LogP contribution in [0.15, 0.2) is 64.4 Å². The monoisotopic (exact) mass is 356 g/mol. The van der Waals surface area contributed by atoms with E-state index in [0.717, 1.165) is 32.9 Å². The molecule has 0 saturated carbocycles. The van der Waals surface area contributed by atoms with E-state index in [9.17, 15) is 14.7 Å². The van der Waals surface area contributed by atoms with Crippen LogP contribution in [-0.4, -0.2) is 14.7 Å². The van der Waals surface area contributed by atoms with Crippen LogP contribution >= 0.6 is 0 Å². The van der Waals surface area contributed by atoms with Gasteiger partial charge in [-0.2, -0.15) is 0 Å². The molecule has 0 saturated heterocycles. The van der Waals surface area contributed by atoms with E-state index in [2.05, 4.69) is 4.98 Å². The van der Waals surface area contributed by atoms with Crippen molar-refractivity contribution in [2.75, 3.05) is 0 Å². The van der Waals surface area contributed by atoms with Gasteiger partial charge in [-0.05, 0) is 23.8 Å².